The zero-order chi connectivity index (χ0) is 27.7. The molecule has 9 heteroatoms. The minimum atomic E-state index is -0.219. The predicted molar refractivity (Wildman–Crippen MR) is 152 cm³/mol. The largest absolute Gasteiger partial charge is 0.493 e. The maximum Gasteiger partial charge on any atom is 0.318 e. The third kappa shape index (κ3) is 4.90. The Labute approximate surface area is 236 Å². The topological polar surface area (TPSA) is 94.8 Å². The van der Waals surface area contributed by atoms with Crippen LogP contribution in [0.4, 0.5) is 5.82 Å². The summed E-state index contributed by atoms with van der Waals surface area (Å²) in [5, 5.41) is 9.51. The van der Waals surface area contributed by atoms with Gasteiger partial charge in [0.05, 0.1) is 30.8 Å². The van der Waals surface area contributed by atoms with Gasteiger partial charge in [0.25, 0.3) is 0 Å². The number of hydrogen-bond donors (Lipinski definition) is 0. The van der Waals surface area contributed by atoms with Gasteiger partial charge in [-0.15, -0.1) is 0 Å². The van der Waals surface area contributed by atoms with E-state index >= 15 is 0 Å². The van der Waals surface area contributed by atoms with Crippen molar-refractivity contribution in [2.45, 2.75) is 62.4 Å². The lowest BCUT2D eigenvalue weighted by Crippen LogP contribution is -2.55. The average Bonchev–Trinajstić information content (AvgIpc) is 3.40. The van der Waals surface area contributed by atoms with Crippen molar-refractivity contribution in [2.24, 2.45) is 0 Å². The van der Waals surface area contributed by atoms with Crippen LogP contribution in [0.1, 0.15) is 48.9 Å². The van der Waals surface area contributed by atoms with Crippen LogP contribution in [0.25, 0.3) is 0 Å². The van der Waals surface area contributed by atoms with Crippen molar-refractivity contribution in [1.29, 1.82) is 5.26 Å². The zero-order valence-corrected chi connectivity index (χ0v) is 23.3. The Morgan fingerprint density at radius 1 is 1.25 bits per heavy atom. The molecule has 1 spiro atoms. The molecule has 1 aromatic heterocycles. The molecule has 0 N–H and O–H groups in total. The Morgan fingerprint density at radius 3 is 2.92 bits per heavy atom. The van der Waals surface area contributed by atoms with Gasteiger partial charge in [-0.3, -0.25) is 4.79 Å². The van der Waals surface area contributed by atoms with Crippen LogP contribution in [-0.4, -0.2) is 84.2 Å². The average molecular weight is 543 g/mol. The van der Waals surface area contributed by atoms with Gasteiger partial charge in [0, 0.05) is 48.6 Å². The van der Waals surface area contributed by atoms with Crippen molar-refractivity contribution in [2.75, 3.05) is 51.3 Å². The number of likely N-dealkylation sites (N-methyl/N-ethyl adjacent to an activating group) is 1. The van der Waals surface area contributed by atoms with E-state index in [0.717, 1.165) is 55.9 Å². The van der Waals surface area contributed by atoms with E-state index in [1.54, 1.807) is 4.90 Å². The van der Waals surface area contributed by atoms with Gasteiger partial charge in [0.2, 0.25) is 5.91 Å². The summed E-state index contributed by atoms with van der Waals surface area (Å²) < 4.78 is 12.3. The van der Waals surface area contributed by atoms with Gasteiger partial charge in [-0.05, 0) is 57.8 Å². The summed E-state index contributed by atoms with van der Waals surface area (Å²) in [6.45, 7) is 7.71. The molecule has 210 valence electrons. The molecule has 2 saturated heterocycles. The summed E-state index contributed by atoms with van der Waals surface area (Å²) in [6, 6.07) is 11.3. The Bertz CT molecular complexity index is 1320. The highest BCUT2D eigenvalue weighted by molar-refractivity contribution is 5.87. The zero-order valence-electron chi connectivity index (χ0n) is 23.3. The molecule has 2 unspecified atom stereocenters. The maximum absolute atomic E-state index is 12.5. The number of anilines is 1. The van der Waals surface area contributed by atoms with E-state index in [1.165, 1.54) is 23.6 Å². The van der Waals surface area contributed by atoms with Crippen molar-refractivity contribution in [1.82, 2.24) is 19.8 Å². The molecule has 0 bridgehead atoms. The van der Waals surface area contributed by atoms with Crippen LogP contribution in [0.3, 0.4) is 0 Å². The molecule has 1 aromatic carbocycles. The molecule has 4 aliphatic rings. The van der Waals surface area contributed by atoms with Crippen LogP contribution >= 0.6 is 0 Å². The second-order valence-electron chi connectivity index (χ2n) is 11.6. The number of benzene rings is 1. The Balaban J connectivity index is 1.34. The van der Waals surface area contributed by atoms with Crippen LogP contribution in [0.15, 0.2) is 36.9 Å². The molecule has 3 atom stereocenters. The van der Waals surface area contributed by atoms with Gasteiger partial charge in [-0.25, -0.2) is 0 Å². The summed E-state index contributed by atoms with van der Waals surface area (Å²) in [5.41, 5.74) is 3.46. The van der Waals surface area contributed by atoms with Crippen LogP contribution < -0.4 is 14.4 Å². The van der Waals surface area contributed by atoms with E-state index < -0.39 is 0 Å². The quantitative estimate of drug-likeness (QED) is 0.514. The highest BCUT2D eigenvalue weighted by atomic mass is 16.5. The third-order valence-corrected chi connectivity index (χ3v) is 9.35. The van der Waals surface area contributed by atoms with Gasteiger partial charge in [0.1, 0.15) is 18.2 Å². The number of likely N-dealkylation sites (tertiary alicyclic amines) is 1. The molecule has 1 amide bonds. The normalized spacial score (nSPS) is 26.0. The number of fused-ring (bicyclic) bond motifs is 3. The molecular weight excluding hydrogens is 504 g/mol. The van der Waals surface area contributed by atoms with Crippen molar-refractivity contribution in [3.05, 3.63) is 53.7 Å². The number of hydrogen-bond acceptors (Lipinski definition) is 8. The molecule has 6 rings (SSSR count). The van der Waals surface area contributed by atoms with Crippen LogP contribution in [0, 0.1) is 11.3 Å². The number of ether oxygens (including phenoxy) is 2. The number of carbonyl (C=O) groups excluding carboxylic acids is 1. The molecule has 2 fully saturated rings. The minimum absolute atomic E-state index is 0.0190. The van der Waals surface area contributed by atoms with Gasteiger partial charge in [-0.2, -0.15) is 15.2 Å². The first-order chi connectivity index (χ1) is 19.5. The summed E-state index contributed by atoms with van der Waals surface area (Å²) in [6.07, 6.45) is 7.53. The van der Waals surface area contributed by atoms with E-state index in [0.29, 0.717) is 44.9 Å². The SMILES string of the molecule is C=CC(=O)N1CCN(c2nc(OCC3CCCN3C)nc3c2CCC2(CCOc4ccccc42)C3)C[C@@H]1CC#N. The van der Waals surface area contributed by atoms with Gasteiger partial charge in [-0.1, -0.05) is 24.8 Å². The van der Waals surface area contributed by atoms with Gasteiger partial charge >= 0.3 is 6.01 Å². The Hall–Kier alpha value is -3.64. The second kappa shape index (κ2) is 11.1. The number of para-hydroxylation sites is 1. The van der Waals surface area contributed by atoms with Gasteiger partial charge < -0.3 is 24.2 Å². The number of aromatic nitrogens is 2. The number of rotatable bonds is 6. The first-order valence-corrected chi connectivity index (χ1v) is 14.5. The Kier molecular flexibility index (Phi) is 7.37. The summed E-state index contributed by atoms with van der Waals surface area (Å²) in [5.74, 6) is 1.74. The van der Waals surface area contributed by atoms with Crippen LogP contribution in [-0.2, 0) is 23.1 Å². The number of amides is 1. The lowest BCUT2D eigenvalue weighted by Gasteiger charge is -2.44. The fourth-order valence-corrected chi connectivity index (χ4v) is 7.06. The number of piperazine rings is 1. The van der Waals surface area contributed by atoms with Crippen LogP contribution in [0.5, 0.6) is 11.8 Å². The summed E-state index contributed by atoms with van der Waals surface area (Å²) >= 11 is 0. The molecule has 0 radical (unpaired) electrons. The van der Waals surface area contributed by atoms with E-state index in [4.69, 9.17) is 19.4 Å². The fraction of sp³-hybridized carbons (Fsp3) is 0.548. The molecule has 3 aliphatic heterocycles. The van der Waals surface area contributed by atoms with E-state index in [9.17, 15) is 10.1 Å². The van der Waals surface area contributed by atoms with E-state index in [-0.39, 0.29) is 23.8 Å². The van der Waals surface area contributed by atoms with Gasteiger partial charge in [0.15, 0.2) is 0 Å². The Morgan fingerprint density at radius 2 is 2.12 bits per heavy atom. The molecule has 4 heterocycles. The lowest BCUT2D eigenvalue weighted by molar-refractivity contribution is -0.128. The van der Waals surface area contributed by atoms with Crippen molar-refractivity contribution < 1.29 is 14.3 Å². The first kappa shape index (κ1) is 26.6. The molecule has 40 heavy (non-hydrogen) atoms. The fourth-order valence-electron chi connectivity index (χ4n) is 7.06. The predicted octanol–water partition coefficient (Wildman–Crippen LogP) is 3.28. The van der Waals surface area contributed by atoms with Crippen molar-refractivity contribution >= 4 is 11.7 Å². The van der Waals surface area contributed by atoms with E-state index in [2.05, 4.69) is 47.7 Å². The molecule has 2 aromatic rings. The molecule has 0 saturated carbocycles. The smallest absolute Gasteiger partial charge is 0.318 e. The maximum atomic E-state index is 12.5. The highest BCUT2D eigenvalue weighted by Crippen LogP contribution is 2.48. The monoisotopic (exact) mass is 542 g/mol. The van der Waals surface area contributed by atoms with Crippen molar-refractivity contribution in [3.63, 3.8) is 0 Å². The van der Waals surface area contributed by atoms with Crippen LogP contribution in [0.2, 0.25) is 0 Å². The first-order valence-electron chi connectivity index (χ1n) is 14.5. The molecular formula is C31H38N6O3. The highest BCUT2D eigenvalue weighted by Gasteiger charge is 2.43. The lowest BCUT2D eigenvalue weighted by atomic mass is 9.66. The summed E-state index contributed by atoms with van der Waals surface area (Å²) in [7, 11) is 2.14. The molecule has 1 aliphatic carbocycles. The van der Waals surface area contributed by atoms with E-state index in [1.807, 2.05) is 6.07 Å². The van der Waals surface area contributed by atoms with Crippen molar-refractivity contribution in [3.8, 4) is 17.8 Å². The standard InChI is InChI=1S/C31H38N6O3/c1-3-28(38)37-17-16-36(20-22(37)11-14-32)29-24-10-12-31(13-18-39-27-9-5-4-8-25(27)31)19-26(24)33-30(34-29)40-21-23-7-6-15-35(23)2/h3-5,8-9,22-23H,1,6-7,10-13,15-21H2,2H3/t22-,23?,31?/m0/s1. The third-order valence-electron chi connectivity index (χ3n) is 9.35. The minimum Gasteiger partial charge on any atom is -0.493 e. The number of carbonyl (C=O) groups is 1. The second-order valence-corrected chi connectivity index (χ2v) is 11.6. The number of nitriles is 1. The summed E-state index contributed by atoms with van der Waals surface area (Å²) in [4.78, 5) is 28.9. The molecule has 9 nitrogen and oxygen atoms in total. The number of nitrogens with zero attached hydrogens (tertiary/aromatic N) is 6.